The SMILES string of the molecule is Cc1cc2ccccn2c1C(=O)c1cccc(S(=O)(=O)N2CC(C)OC(C)C2)c1. The molecule has 6 nitrogen and oxygen atoms in total. The summed E-state index contributed by atoms with van der Waals surface area (Å²) in [6.45, 7) is 6.20. The molecule has 0 radical (unpaired) electrons. The molecule has 29 heavy (non-hydrogen) atoms. The lowest BCUT2D eigenvalue weighted by molar-refractivity contribution is -0.0440. The quantitative estimate of drug-likeness (QED) is 0.617. The zero-order chi connectivity index (χ0) is 20.8. The second-order valence-electron chi connectivity index (χ2n) is 7.61. The molecule has 7 heteroatoms. The predicted molar refractivity (Wildman–Crippen MR) is 111 cm³/mol. The van der Waals surface area contributed by atoms with Crippen molar-refractivity contribution < 1.29 is 17.9 Å². The van der Waals surface area contributed by atoms with Crippen LogP contribution in [-0.4, -0.2) is 48.2 Å². The Morgan fingerprint density at radius 2 is 1.76 bits per heavy atom. The minimum atomic E-state index is -3.71. The minimum Gasteiger partial charge on any atom is -0.373 e. The second-order valence-corrected chi connectivity index (χ2v) is 9.55. The Bertz CT molecular complexity index is 1170. The van der Waals surface area contributed by atoms with E-state index in [4.69, 9.17) is 4.74 Å². The van der Waals surface area contributed by atoms with Gasteiger partial charge in [0.15, 0.2) is 0 Å². The predicted octanol–water partition coefficient (Wildman–Crippen LogP) is 3.28. The molecule has 0 amide bonds. The second kappa shape index (κ2) is 7.40. The van der Waals surface area contributed by atoms with Gasteiger partial charge in [0, 0.05) is 30.4 Å². The first kappa shape index (κ1) is 19.8. The smallest absolute Gasteiger partial charge is 0.243 e. The number of pyridine rings is 1. The van der Waals surface area contributed by atoms with Gasteiger partial charge in [-0.05, 0) is 56.7 Å². The van der Waals surface area contributed by atoms with E-state index in [1.54, 1.807) is 18.2 Å². The van der Waals surface area contributed by atoms with Gasteiger partial charge in [-0.15, -0.1) is 0 Å². The monoisotopic (exact) mass is 412 g/mol. The molecule has 152 valence electrons. The Hall–Kier alpha value is -2.48. The molecule has 2 unspecified atom stereocenters. The maximum absolute atomic E-state index is 13.3. The first-order valence-electron chi connectivity index (χ1n) is 9.64. The molecule has 1 saturated heterocycles. The fourth-order valence-electron chi connectivity index (χ4n) is 3.96. The zero-order valence-corrected chi connectivity index (χ0v) is 17.5. The maximum atomic E-state index is 13.3. The number of ether oxygens (including phenoxy) is 1. The lowest BCUT2D eigenvalue weighted by Gasteiger charge is -2.34. The lowest BCUT2D eigenvalue weighted by Crippen LogP contribution is -2.48. The van der Waals surface area contributed by atoms with Gasteiger partial charge in [0.25, 0.3) is 0 Å². The van der Waals surface area contributed by atoms with Gasteiger partial charge in [-0.2, -0.15) is 4.31 Å². The molecule has 1 aromatic carbocycles. The van der Waals surface area contributed by atoms with Crippen LogP contribution in [0.4, 0.5) is 0 Å². The van der Waals surface area contributed by atoms with Crippen molar-refractivity contribution in [1.82, 2.24) is 8.71 Å². The van der Waals surface area contributed by atoms with Gasteiger partial charge in [0.05, 0.1) is 22.8 Å². The molecule has 0 N–H and O–H groups in total. The number of aromatic nitrogens is 1. The van der Waals surface area contributed by atoms with Crippen LogP contribution in [0.3, 0.4) is 0 Å². The van der Waals surface area contributed by atoms with Gasteiger partial charge in [-0.3, -0.25) is 4.79 Å². The Morgan fingerprint density at radius 1 is 1.03 bits per heavy atom. The summed E-state index contributed by atoms with van der Waals surface area (Å²) in [5, 5.41) is 0. The number of rotatable bonds is 4. The van der Waals surface area contributed by atoms with Crippen molar-refractivity contribution >= 4 is 21.3 Å². The topological polar surface area (TPSA) is 68.1 Å². The Kier molecular flexibility index (Phi) is 5.06. The summed E-state index contributed by atoms with van der Waals surface area (Å²) >= 11 is 0. The number of hydrogen-bond acceptors (Lipinski definition) is 4. The van der Waals surface area contributed by atoms with Crippen LogP contribution in [0.2, 0.25) is 0 Å². The molecule has 3 aromatic rings. The van der Waals surface area contributed by atoms with E-state index in [1.807, 2.05) is 55.6 Å². The van der Waals surface area contributed by atoms with Crippen LogP contribution in [-0.2, 0) is 14.8 Å². The molecule has 1 aliphatic rings. The van der Waals surface area contributed by atoms with E-state index in [0.29, 0.717) is 24.3 Å². The summed E-state index contributed by atoms with van der Waals surface area (Å²) in [5.41, 5.74) is 2.68. The lowest BCUT2D eigenvalue weighted by atomic mass is 10.1. The molecule has 1 aliphatic heterocycles. The summed E-state index contributed by atoms with van der Waals surface area (Å²) in [4.78, 5) is 13.4. The van der Waals surface area contributed by atoms with Crippen molar-refractivity contribution in [3.63, 3.8) is 0 Å². The number of carbonyl (C=O) groups is 1. The summed E-state index contributed by atoms with van der Waals surface area (Å²) in [6, 6.07) is 14.0. The van der Waals surface area contributed by atoms with E-state index in [1.165, 1.54) is 10.4 Å². The maximum Gasteiger partial charge on any atom is 0.243 e. The standard InChI is InChI=1S/C22H24N2O4S/c1-15-11-19-8-4-5-10-24(19)21(15)22(25)18-7-6-9-20(12-18)29(26,27)23-13-16(2)28-17(3)14-23/h4-12,16-17H,13-14H2,1-3H3. The van der Waals surface area contributed by atoms with E-state index >= 15 is 0 Å². The molecule has 0 spiro atoms. The normalized spacial score (nSPS) is 20.8. The minimum absolute atomic E-state index is 0.128. The van der Waals surface area contributed by atoms with E-state index in [0.717, 1.165) is 11.1 Å². The summed E-state index contributed by atoms with van der Waals surface area (Å²) < 4.78 is 35.3. The molecule has 4 rings (SSSR count). The molecule has 0 bridgehead atoms. The number of sulfonamides is 1. The van der Waals surface area contributed by atoms with Crippen LogP contribution in [0.5, 0.6) is 0 Å². The number of ketones is 1. The van der Waals surface area contributed by atoms with Crippen molar-refractivity contribution in [2.45, 2.75) is 37.9 Å². The third kappa shape index (κ3) is 3.61. The highest BCUT2D eigenvalue weighted by molar-refractivity contribution is 7.89. The van der Waals surface area contributed by atoms with E-state index in [2.05, 4.69) is 0 Å². The average Bonchev–Trinajstić information content (AvgIpc) is 3.02. The van der Waals surface area contributed by atoms with Crippen LogP contribution in [0.15, 0.2) is 59.6 Å². The largest absolute Gasteiger partial charge is 0.373 e. The molecule has 1 fully saturated rings. The highest BCUT2D eigenvalue weighted by Gasteiger charge is 2.32. The Morgan fingerprint density at radius 3 is 2.48 bits per heavy atom. The highest BCUT2D eigenvalue weighted by Crippen LogP contribution is 2.24. The van der Waals surface area contributed by atoms with Gasteiger partial charge < -0.3 is 9.14 Å². The molecule has 0 saturated carbocycles. The molecular weight excluding hydrogens is 388 g/mol. The number of benzene rings is 1. The third-order valence-corrected chi connectivity index (χ3v) is 7.03. The van der Waals surface area contributed by atoms with Crippen LogP contribution in [0.1, 0.15) is 35.5 Å². The number of morpholine rings is 1. The third-order valence-electron chi connectivity index (χ3n) is 5.21. The van der Waals surface area contributed by atoms with Gasteiger partial charge in [0.1, 0.15) is 0 Å². The van der Waals surface area contributed by atoms with Gasteiger partial charge in [-0.25, -0.2) is 8.42 Å². The molecule has 3 heterocycles. The summed E-state index contributed by atoms with van der Waals surface area (Å²) in [6.07, 6.45) is 1.49. The number of fused-ring (bicyclic) bond motifs is 1. The Labute approximate surface area is 170 Å². The van der Waals surface area contributed by atoms with Crippen LogP contribution >= 0.6 is 0 Å². The van der Waals surface area contributed by atoms with E-state index < -0.39 is 10.0 Å². The van der Waals surface area contributed by atoms with Gasteiger partial charge in [-0.1, -0.05) is 18.2 Å². The summed E-state index contributed by atoms with van der Waals surface area (Å²) in [7, 11) is -3.71. The van der Waals surface area contributed by atoms with Gasteiger partial charge in [0.2, 0.25) is 15.8 Å². The number of nitrogens with zero attached hydrogens (tertiary/aromatic N) is 2. The first-order valence-corrected chi connectivity index (χ1v) is 11.1. The summed E-state index contributed by atoms with van der Waals surface area (Å²) in [5.74, 6) is -0.200. The fraction of sp³-hybridized carbons (Fsp3) is 0.318. The van der Waals surface area contributed by atoms with Crippen LogP contribution < -0.4 is 0 Å². The molecule has 2 atom stereocenters. The average molecular weight is 413 g/mol. The van der Waals surface area contributed by atoms with E-state index in [-0.39, 0.29) is 22.9 Å². The zero-order valence-electron chi connectivity index (χ0n) is 16.7. The molecule has 0 aliphatic carbocycles. The molecular formula is C22H24N2O4S. The highest BCUT2D eigenvalue weighted by atomic mass is 32.2. The molecule has 2 aromatic heterocycles. The Balaban J connectivity index is 1.72. The van der Waals surface area contributed by atoms with Crippen molar-refractivity contribution in [3.05, 3.63) is 71.5 Å². The van der Waals surface area contributed by atoms with Crippen molar-refractivity contribution in [2.75, 3.05) is 13.1 Å². The first-order chi connectivity index (χ1) is 13.8. The van der Waals surface area contributed by atoms with Gasteiger partial charge >= 0.3 is 0 Å². The number of hydrogen-bond donors (Lipinski definition) is 0. The number of carbonyl (C=O) groups excluding carboxylic acids is 1. The fourth-order valence-corrected chi connectivity index (χ4v) is 5.59. The van der Waals surface area contributed by atoms with Crippen molar-refractivity contribution in [1.29, 1.82) is 0 Å². The number of aryl methyl sites for hydroxylation is 1. The van der Waals surface area contributed by atoms with Crippen molar-refractivity contribution in [2.24, 2.45) is 0 Å². The van der Waals surface area contributed by atoms with Crippen LogP contribution in [0.25, 0.3) is 5.52 Å². The van der Waals surface area contributed by atoms with Crippen molar-refractivity contribution in [3.8, 4) is 0 Å². The van der Waals surface area contributed by atoms with E-state index in [9.17, 15) is 13.2 Å². The van der Waals surface area contributed by atoms with Crippen LogP contribution in [0, 0.1) is 6.92 Å².